The van der Waals surface area contributed by atoms with Crippen LogP contribution < -0.4 is 5.73 Å². The maximum Gasteiger partial charge on any atom is 0.00924 e. The molecule has 1 unspecified atom stereocenters. The van der Waals surface area contributed by atoms with Gasteiger partial charge in [-0.05, 0) is 38.3 Å². The molecule has 1 fully saturated rings. The number of rotatable bonds is 5. The molecule has 1 saturated carbocycles. The first-order chi connectivity index (χ1) is 7.11. The molecule has 0 aromatic carbocycles. The summed E-state index contributed by atoms with van der Waals surface area (Å²) in [6.07, 6.45) is 8.23. The summed E-state index contributed by atoms with van der Waals surface area (Å²) < 4.78 is 0. The molecule has 90 valence electrons. The van der Waals surface area contributed by atoms with Gasteiger partial charge in [0.2, 0.25) is 0 Å². The molecular formula is C13H28N2. The van der Waals surface area contributed by atoms with Crippen LogP contribution in [-0.2, 0) is 0 Å². The van der Waals surface area contributed by atoms with Gasteiger partial charge in [-0.1, -0.05) is 33.1 Å². The largest absolute Gasteiger partial charge is 0.330 e. The maximum absolute atomic E-state index is 5.87. The molecule has 0 heterocycles. The highest BCUT2D eigenvalue weighted by Crippen LogP contribution is 2.26. The Bertz CT molecular complexity index is 169. The molecule has 1 rings (SSSR count). The normalized spacial score (nSPS) is 23.0. The van der Waals surface area contributed by atoms with E-state index in [1.165, 1.54) is 38.5 Å². The number of nitrogens with two attached hydrogens (primary N) is 1. The van der Waals surface area contributed by atoms with E-state index in [4.69, 9.17) is 5.73 Å². The molecule has 1 aliphatic rings. The second-order valence-corrected chi connectivity index (χ2v) is 5.58. The Morgan fingerprint density at radius 2 is 1.87 bits per heavy atom. The van der Waals surface area contributed by atoms with Gasteiger partial charge in [0, 0.05) is 12.6 Å². The summed E-state index contributed by atoms with van der Waals surface area (Å²) in [5.41, 5.74) is 6.18. The molecule has 0 radical (unpaired) electrons. The number of hydrogen-bond donors (Lipinski definition) is 1. The van der Waals surface area contributed by atoms with E-state index in [1.807, 2.05) is 0 Å². The second kappa shape index (κ2) is 5.86. The lowest BCUT2D eigenvalue weighted by Crippen LogP contribution is -2.43. The van der Waals surface area contributed by atoms with Crippen molar-refractivity contribution >= 4 is 0 Å². The summed E-state index contributed by atoms with van der Waals surface area (Å²) in [6, 6.07) is 0.816. The van der Waals surface area contributed by atoms with Crippen LogP contribution >= 0.6 is 0 Å². The summed E-state index contributed by atoms with van der Waals surface area (Å²) in [5.74, 6) is 0. The Hall–Kier alpha value is -0.0800. The molecule has 0 bridgehead atoms. The lowest BCUT2D eigenvalue weighted by molar-refractivity contribution is 0.124. The molecule has 2 nitrogen and oxygen atoms in total. The van der Waals surface area contributed by atoms with Gasteiger partial charge < -0.3 is 10.6 Å². The van der Waals surface area contributed by atoms with E-state index >= 15 is 0 Å². The molecule has 2 N–H and O–H groups in total. The van der Waals surface area contributed by atoms with E-state index < -0.39 is 0 Å². The van der Waals surface area contributed by atoms with Crippen molar-refractivity contribution in [1.29, 1.82) is 0 Å². The number of nitrogens with zero attached hydrogens (tertiary/aromatic N) is 1. The fourth-order valence-electron chi connectivity index (χ4n) is 2.57. The minimum Gasteiger partial charge on any atom is -0.330 e. The molecule has 2 heteroatoms. The smallest absolute Gasteiger partial charge is 0.00924 e. The summed E-state index contributed by atoms with van der Waals surface area (Å²) in [4.78, 5) is 2.55. The zero-order valence-electron chi connectivity index (χ0n) is 10.8. The van der Waals surface area contributed by atoms with Crippen LogP contribution in [0, 0.1) is 5.41 Å². The van der Waals surface area contributed by atoms with Crippen molar-refractivity contribution in [3.8, 4) is 0 Å². The Kier molecular flexibility index (Phi) is 5.07. The molecule has 0 aromatic rings. The van der Waals surface area contributed by atoms with E-state index in [9.17, 15) is 0 Å². The van der Waals surface area contributed by atoms with Gasteiger partial charge in [-0.2, -0.15) is 0 Å². The van der Waals surface area contributed by atoms with Crippen molar-refractivity contribution in [2.45, 2.75) is 58.4 Å². The van der Waals surface area contributed by atoms with Gasteiger partial charge in [0.15, 0.2) is 0 Å². The first-order valence-corrected chi connectivity index (χ1v) is 6.51. The highest BCUT2D eigenvalue weighted by molar-refractivity contribution is 4.81. The van der Waals surface area contributed by atoms with Gasteiger partial charge in [-0.25, -0.2) is 0 Å². The molecule has 1 aliphatic carbocycles. The molecular weight excluding hydrogens is 184 g/mol. The highest BCUT2D eigenvalue weighted by Gasteiger charge is 2.26. The van der Waals surface area contributed by atoms with Crippen LogP contribution in [0.1, 0.15) is 52.4 Å². The fraction of sp³-hybridized carbons (Fsp3) is 1.00. The predicted octanol–water partition coefficient (Wildman–Crippen LogP) is 2.63. The lowest BCUT2D eigenvalue weighted by atomic mass is 9.85. The molecule has 15 heavy (non-hydrogen) atoms. The minimum absolute atomic E-state index is 0.312. The van der Waals surface area contributed by atoms with Crippen molar-refractivity contribution in [2.24, 2.45) is 11.1 Å². The van der Waals surface area contributed by atoms with Crippen LogP contribution in [0.25, 0.3) is 0 Å². The average Bonchev–Trinajstić information content (AvgIpc) is 2.30. The Balaban J connectivity index is 2.41. The van der Waals surface area contributed by atoms with Gasteiger partial charge in [-0.15, -0.1) is 0 Å². The topological polar surface area (TPSA) is 29.3 Å². The summed E-state index contributed by atoms with van der Waals surface area (Å²) >= 11 is 0. The fourth-order valence-corrected chi connectivity index (χ4v) is 2.57. The van der Waals surface area contributed by atoms with E-state index in [0.29, 0.717) is 5.41 Å². The van der Waals surface area contributed by atoms with Crippen LogP contribution in [-0.4, -0.2) is 31.1 Å². The summed E-state index contributed by atoms with van der Waals surface area (Å²) in [7, 11) is 2.28. The average molecular weight is 212 g/mol. The zero-order valence-corrected chi connectivity index (χ0v) is 10.8. The quantitative estimate of drug-likeness (QED) is 0.759. The summed E-state index contributed by atoms with van der Waals surface area (Å²) in [6.45, 7) is 6.53. The minimum atomic E-state index is 0.312. The summed E-state index contributed by atoms with van der Waals surface area (Å²) in [5, 5.41) is 0. The van der Waals surface area contributed by atoms with Gasteiger partial charge >= 0.3 is 0 Å². The monoisotopic (exact) mass is 212 g/mol. The molecule has 0 saturated heterocycles. The Morgan fingerprint density at radius 3 is 2.33 bits per heavy atom. The van der Waals surface area contributed by atoms with Crippen molar-refractivity contribution in [3.63, 3.8) is 0 Å². The van der Waals surface area contributed by atoms with Crippen molar-refractivity contribution < 1.29 is 0 Å². The standard InChI is InChI=1S/C13H28N2/c1-4-13(2,10-14)11-15(3)12-8-6-5-7-9-12/h12H,4-11,14H2,1-3H3. The van der Waals surface area contributed by atoms with Crippen LogP contribution in [0.4, 0.5) is 0 Å². The molecule has 0 aliphatic heterocycles. The first kappa shape index (κ1) is 13.0. The Labute approximate surface area is 95.2 Å². The second-order valence-electron chi connectivity index (χ2n) is 5.58. The molecule has 1 atom stereocenters. The zero-order chi connectivity index (χ0) is 11.3. The predicted molar refractivity (Wildman–Crippen MR) is 67.0 cm³/mol. The van der Waals surface area contributed by atoms with Gasteiger partial charge in [0.1, 0.15) is 0 Å². The maximum atomic E-state index is 5.87. The van der Waals surface area contributed by atoms with E-state index in [0.717, 1.165) is 19.1 Å². The van der Waals surface area contributed by atoms with Crippen molar-refractivity contribution in [3.05, 3.63) is 0 Å². The molecule has 0 amide bonds. The SMILES string of the molecule is CCC(C)(CN)CN(C)C1CCCCC1. The third-order valence-corrected chi connectivity index (χ3v) is 4.18. The van der Waals surface area contributed by atoms with E-state index in [-0.39, 0.29) is 0 Å². The lowest BCUT2D eigenvalue weighted by Gasteiger charge is -2.38. The Morgan fingerprint density at radius 1 is 1.27 bits per heavy atom. The molecule has 0 aromatic heterocycles. The highest BCUT2D eigenvalue weighted by atomic mass is 15.1. The van der Waals surface area contributed by atoms with Crippen LogP contribution in [0.15, 0.2) is 0 Å². The van der Waals surface area contributed by atoms with Crippen molar-refractivity contribution in [2.75, 3.05) is 20.1 Å². The van der Waals surface area contributed by atoms with E-state index in [1.54, 1.807) is 0 Å². The third-order valence-electron chi connectivity index (χ3n) is 4.18. The number of hydrogen-bond acceptors (Lipinski definition) is 2. The van der Waals surface area contributed by atoms with Crippen LogP contribution in [0.5, 0.6) is 0 Å². The molecule has 0 spiro atoms. The van der Waals surface area contributed by atoms with Gasteiger partial charge in [0.05, 0.1) is 0 Å². The van der Waals surface area contributed by atoms with Crippen molar-refractivity contribution in [1.82, 2.24) is 4.90 Å². The van der Waals surface area contributed by atoms with Crippen LogP contribution in [0.2, 0.25) is 0 Å². The van der Waals surface area contributed by atoms with Gasteiger partial charge in [0.25, 0.3) is 0 Å². The van der Waals surface area contributed by atoms with E-state index in [2.05, 4.69) is 25.8 Å². The first-order valence-electron chi connectivity index (χ1n) is 6.51. The third kappa shape index (κ3) is 3.76. The van der Waals surface area contributed by atoms with Crippen LogP contribution in [0.3, 0.4) is 0 Å². The van der Waals surface area contributed by atoms with Gasteiger partial charge in [-0.3, -0.25) is 0 Å².